The standard InChI is InChI=1S/C14H18ClN3S2/c1-14(2)12(19)16-13(17-14)20-8-9-7-10(15)5-6-11(9)18(3)4/h5-7H,8H2,1-4H3,(H,16,17,19). The maximum atomic E-state index is 6.09. The summed E-state index contributed by atoms with van der Waals surface area (Å²) in [4.78, 5) is 7.20. The van der Waals surface area contributed by atoms with Gasteiger partial charge in [-0.15, -0.1) is 0 Å². The van der Waals surface area contributed by atoms with E-state index >= 15 is 0 Å². The fraction of sp³-hybridized carbons (Fsp3) is 0.429. The van der Waals surface area contributed by atoms with E-state index in [1.165, 1.54) is 11.3 Å². The summed E-state index contributed by atoms with van der Waals surface area (Å²) in [5.74, 6) is 0.804. The van der Waals surface area contributed by atoms with E-state index in [0.717, 1.165) is 15.9 Å². The topological polar surface area (TPSA) is 27.6 Å². The number of hydrogen-bond donors (Lipinski definition) is 1. The van der Waals surface area contributed by atoms with E-state index in [1.807, 2.05) is 46.1 Å². The molecule has 0 saturated carbocycles. The molecular formula is C14H18ClN3S2. The van der Waals surface area contributed by atoms with Crippen molar-refractivity contribution in [1.82, 2.24) is 5.32 Å². The Balaban J connectivity index is 2.11. The molecule has 0 bridgehead atoms. The number of nitrogens with zero attached hydrogens (tertiary/aromatic N) is 2. The number of rotatable bonds is 3. The minimum atomic E-state index is -0.226. The van der Waals surface area contributed by atoms with Crippen LogP contribution < -0.4 is 10.2 Å². The van der Waals surface area contributed by atoms with Gasteiger partial charge in [-0.2, -0.15) is 0 Å². The number of nitrogens with one attached hydrogen (secondary N) is 1. The van der Waals surface area contributed by atoms with Crippen LogP contribution in [0.15, 0.2) is 23.2 Å². The molecule has 108 valence electrons. The van der Waals surface area contributed by atoms with Crippen LogP contribution in [0.5, 0.6) is 0 Å². The Hall–Kier alpha value is -0.780. The zero-order chi connectivity index (χ0) is 14.9. The van der Waals surface area contributed by atoms with Gasteiger partial charge in [0.05, 0.1) is 5.54 Å². The maximum absolute atomic E-state index is 6.09. The van der Waals surface area contributed by atoms with Gasteiger partial charge in [0.25, 0.3) is 0 Å². The van der Waals surface area contributed by atoms with Crippen molar-refractivity contribution in [3.05, 3.63) is 28.8 Å². The number of thiocarbonyl (C=S) groups is 1. The van der Waals surface area contributed by atoms with Crippen LogP contribution in [-0.2, 0) is 5.75 Å². The van der Waals surface area contributed by atoms with Gasteiger partial charge in [0.15, 0.2) is 5.17 Å². The van der Waals surface area contributed by atoms with E-state index in [-0.39, 0.29) is 5.54 Å². The molecule has 1 aromatic rings. The first kappa shape index (κ1) is 15.6. The van der Waals surface area contributed by atoms with Crippen LogP contribution >= 0.6 is 35.6 Å². The molecule has 0 spiro atoms. The van der Waals surface area contributed by atoms with Gasteiger partial charge >= 0.3 is 0 Å². The average molecular weight is 328 g/mol. The third-order valence-electron chi connectivity index (χ3n) is 3.04. The Morgan fingerprint density at radius 3 is 2.65 bits per heavy atom. The van der Waals surface area contributed by atoms with Crippen molar-refractivity contribution in [3.63, 3.8) is 0 Å². The molecule has 1 aliphatic heterocycles. The van der Waals surface area contributed by atoms with E-state index in [1.54, 1.807) is 11.8 Å². The fourth-order valence-corrected chi connectivity index (χ4v) is 3.30. The number of anilines is 1. The molecule has 0 amide bonds. The number of halogens is 1. The molecule has 1 aromatic carbocycles. The molecule has 0 aliphatic carbocycles. The monoisotopic (exact) mass is 327 g/mol. The molecule has 1 aliphatic rings. The van der Waals surface area contributed by atoms with Gasteiger partial charge in [-0.05, 0) is 37.6 Å². The van der Waals surface area contributed by atoms with Crippen molar-refractivity contribution in [2.24, 2.45) is 4.99 Å². The highest BCUT2D eigenvalue weighted by molar-refractivity contribution is 8.13. The van der Waals surface area contributed by atoms with Gasteiger partial charge in [0, 0.05) is 30.6 Å². The van der Waals surface area contributed by atoms with Crippen molar-refractivity contribution in [1.29, 1.82) is 0 Å². The van der Waals surface area contributed by atoms with Crippen LogP contribution in [0.1, 0.15) is 19.4 Å². The highest BCUT2D eigenvalue weighted by atomic mass is 35.5. The molecule has 1 heterocycles. The second kappa shape index (κ2) is 5.92. The lowest BCUT2D eigenvalue weighted by atomic mass is 10.1. The molecule has 0 saturated heterocycles. The van der Waals surface area contributed by atoms with Crippen molar-refractivity contribution >= 4 is 51.4 Å². The van der Waals surface area contributed by atoms with Crippen LogP contribution in [0.4, 0.5) is 5.69 Å². The summed E-state index contributed by atoms with van der Waals surface area (Å²) in [6.45, 7) is 4.08. The first-order valence-electron chi connectivity index (χ1n) is 6.29. The number of aliphatic imine (C=N–C) groups is 1. The molecule has 1 N–H and O–H groups in total. The lowest BCUT2D eigenvalue weighted by molar-refractivity contribution is 0.644. The molecule has 3 nitrogen and oxygen atoms in total. The summed E-state index contributed by atoms with van der Waals surface area (Å²) in [6, 6.07) is 5.95. The molecule has 0 radical (unpaired) electrons. The first-order chi connectivity index (χ1) is 9.29. The third kappa shape index (κ3) is 3.45. The van der Waals surface area contributed by atoms with Gasteiger partial charge in [-0.1, -0.05) is 35.6 Å². The number of thioether (sulfide) groups is 1. The Kier molecular flexibility index (Phi) is 4.62. The van der Waals surface area contributed by atoms with E-state index in [4.69, 9.17) is 23.8 Å². The van der Waals surface area contributed by atoms with Crippen LogP contribution in [-0.4, -0.2) is 29.8 Å². The predicted octanol–water partition coefficient (Wildman–Crippen LogP) is 3.70. The second-order valence-electron chi connectivity index (χ2n) is 5.43. The van der Waals surface area contributed by atoms with E-state index < -0.39 is 0 Å². The second-order valence-corrected chi connectivity index (χ2v) is 7.22. The van der Waals surface area contributed by atoms with Crippen LogP contribution in [0.2, 0.25) is 5.02 Å². The maximum Gasteiger partial charge on any atom is 0.163 e. The van der Waals surface area contributed by atoms with Crippen LogP contribution in [0, 0.1) is 0 Å². The van der Waals surface area contributed by atoms with E-state index in [9.17, 15) is 0 Å². The predicted molar refractivity (Wildman–Crippen MR) is 94.3 cm³/mol. The first-order valence-corrected chi connectivity index (χ1v) is 8.06. The summed E-state index contributed by atoms with van der Waals surface area (Å²) in [7, 11) is 4.06. The van der Waals surface area contributed by atoms with Gasteiger partial charge in [0.1, 0.15) is 4.99 Å². The van der Waals surface area contributed by atoms with Crippen LogP contribution in [0.3, 0.4) is 0 Å². The fourth-order valence-electron chi connectivity index (χ4n) is 1.90. The Morgan fingerprint density at radius 2 is 2.10 bits per heavy atom. The molecule has 0 unspecified atom stereocenters. The summed E-state index contributed by atoms with van der Waals surface area (Å²) >= 11 is 13.0. The normalized spacial score (nSPS) is 16.9. The molecule has 0 fully saturated rings. The Bertz CT molecular complexity index is 568. The largest absolute Gasteiger partial charge is 0.377 e. The molecule has 2 rings (SSSR count). The average Bonchev–Trinajstić information content (AvgIpc) is 2.60. The summed E-state index contributed by atoms with van der Waals surface area (Å²) < 4.78 is 0. The van der Waals surface area contributed by atoms with Gasteiger partial charge in [0.2, 0.25) is 0 Å². The third-order valence-corrected chi connectivity index (χ3v) is 4.80. The van der Waals surface area contributed by atoms with Gasteiger partial charge < -0.3 is 10.2 Å². The number of hydrogen-bond acceptors (Lipinski definition) is 4. The van der Waals surface area contributed by atoms with Crippen molar-refractivity contribution in [2.75, 3.05) is 19.0 Å². The minimum Gasteiger partial charge on any atom is -0.377 e. The zero-order valence-corrected chi connectivity index (χ0v) is 14.4. The Morgan fingerprint density at radius 1 is 1.40 bits per heavy atom. The molecule has 0 aromatic heterocycles. The lowest BCUT2D eigenvalue weighted by Crippen LogP contribution is -2.40. The summed E-state index contributed by atoms with van der Waals surface area (Å²) in [6.07, 6.45) is 0. The molecule has 20 heavy (non-hydrogen) atoms. The van der Waals surface area contributed by atoms with Gasteiger partial charge in [-0.25, -0.2) is 4.99 Å². The van der Waals surface area contributed by atoms with Crippen LogP contribution in [0.25, 0.3) is 0 Å². The number of amidine groups is 1. The smallest absolute Gasteiger partial charge is 0.163 e. The molecule has 6 heteroatoms. The number of benzene rings is 1. The highest BCUT2D eigenvalue weighted by Crippen LogP contribution is 2.28. The highest BCUT2D eigenvalue weighted by Gasteiger charge is 2.30. The molecular weight excluding hydrogens is 310 g/mol. The van der Waals surface area contributed by atoms with Crippen molar-refractivity contribution < 1.29 is 0 Å². The Labute approximate surface area is 134 Å². The summed E-state index contributed by atoms with van der Waals surface area (Å²) in [5.41, 5.74) is 2.13. The van der Waals surface area contributed by atoms with Crippen molar-refractivity contribution in [2.45, 2.75) is 25.1 Å². The van der Waals surface area contributed by atoms with E-state index in [2.05, 4.69) is 15.2 Å². The quantitative estimate of drug-likeness (QED) is 0.857. The van der Waals surface area contributed by atoms with Crippen molar-refractivity contribution in [3.8, 4) is 0 Å². The lowest BCUT2D eigenvalue weighted by Gasteiger charge is -2.19. The zero-order valence-electron chi connectivity index (χ0n) is 12.0. The summed E-state index contributed by atoms with van der Waals surface area (Å²) in [5, 5.41) is 4.97. The SMILES string of the molecule is CN(C)c1ccc(Cl)cc1CSC1=NC(=S)C(C)(C)N1. The van der Waals surface area contributed by atoms with Gasteiger partial charge in [-0.3, -0.25) is 0 Å². The molecule has 0 atom stereocenters. The van der Waals surface area contributed by atoms with E-state index in [0.29, 0.717) is 4.99 Å². The minimum absolute atomic E-state index is 0.226.